The van der Waals surface area contributed by atoms with Crippen molar-refractivity contribution in [2.45, 2.75) is 0 Å². The van der Waals surface area contributed by atoms with E-state index in [2.05, 4.69) is 9.98 Å². The zero-order valence-corrected chi connectivity index (χ0v) is 8.78. The van der Waals surface area contributed by atoms with Crippen molar-refractivity contribution < 1.29 is 0 Å². The van der Waals surface area contributed by atoms with Crippen molar-refractivity contribution in [1.29, 1.82) is 0 Å². The van der Waals surface area contributed by atoms with E-state index in [9.17, 15) is 0 Å². The molecule has 0 bridgehead atoms. The molecule has 0 aliphatic carbocycles. The molecule has 3 nitrogen and oxygen atoms in total. The van der Waals surface area contributed by atoms with Crippen LogP contribution in [0.1, 0.15) is 0 Å². The van der Waals surface area contributed by atoms with Crippen LogP contribution in [0.25, 0.3) is 10.8 Å². The van der Waals surface area contributed by atoms with Crippen LogP contribution in [0.15, 0.2) is 41.7 Å². The molecule has 0 aliphatic rings. The van der Waals surface area contributed by atoms with Crippen LogP contribution in [0.2, 0.25) is 0 Å². The highest BCUT2D eigenvalue weighted by Crippen LogP contribution is 2.24. The topological polar surface area (TPSA) is 51.3 Å². The van der Waals surface area contributed by atoms with E-state index in [1.807, 2.05) is 24.3 Å². The lowest BCUT2D eigenvalue weighted by Gasteiger charge is -2.01. The van der Waals surface area contributed by atoms with Crippen LogP contribution in [0.4, 0.5) is 5.69 Å². The molecule has 0 amide bonds. The van der Waals surface area contributed by atoms with Crippen molar-refractivity contribution in [3.8, 4) is 0 Å². The Morgan fingerprint density at radius 2 is 2.27 bits per heavy atom. The average Bonchev–Trinajstić information content (AvgIpc) is 2.29. The van der Waals surface area contributed by atoms with E-state index in [0.29, 0.717) is 5.84 Å². The summed E-state index contributed by atoms with van der Waals surface area (Å²) < 4.78 is 0. The molecule has 2 N–H and O–H groups in total. The van der Waals surface area contributed by atoms with Gasteiger partial charge in [-0.15, -0.1) is 11.6 Å². The molecule has 0 spiro atoms. The summed E-state index contributed by atoms with van der Waals surface area (Å²) in [6.45, 7) is 0. The van der Waals surface area contributed by atoms with E-state index in [1.165, 1.54) is 0 Å². The van der Waals surface area contributed by atoms with Gasteiger partial charge in [-0.25, -0.2) is 4.99 Å². The summed E-state index contributed by atoms with van der Waals surface area (Å²) in [7, 11) is 0. The molecule has 2 rings (SSSR count). The first-order valence-electron chi connectivity index (χ1n) is 4.53. The van der Waals surface area contributed by atoms with Gasteiger partial charge >= 0.3 is 0 Å². The summed E-state index contributed by atoms with van der Waals surface area (Å²) in [5, 5.41) is 2.07. The van der Waals surface area contributed by atoms with Gasteiger partial charge in [-0.2, -0.15) is 0 Å². The van der Waals surface area contributed by atoms with Gasteiger partial charge in [0.2, 0.25) is 0 Å². The minimum atomic E-state index is 0.238. The van der Waals surface area contributed by atoms with Crippen molar-refractivity contribution in [2.75, 3.05) is 5.88 Å². The number of hydrogen-bond acceptors (Lipinski definition) is 2. The second kappa shape index (κ2) is 4.28. The van der Waals surface area contributed by atoms with Crippen molar-refractivity contribution in [2.24, 2.45) is 10.7 Å². The van der Waals surface area contributed by atoms with Crippen molar-refractivity contribution in [1.82, 2.24) is 4.98 Å². The number of aliphatic imine (C=N–C) groups is 1. The molecule has 0 unspecified atom stereocenters. The Balaban J connectivity index is 2.61. The predicted molar refractivity (Wildman–Crippen MR) is 63.7 cm³/mol. The Kier molecular flexibility index (Phi) is 2.83. The lowest BCUT2D eigenvalue weighted by Crippen LogP contribution is -2.12. The highest BCUT2D eigenvalue weighted by atomic mass is 35.5. The Morgan fingerprint density at radius 3 is 3.07 bits per heavy atom. The monoisotopic (exact) mass is 219 g/mol. The van der Waals surface area contributed by atoms with Crippen LogP contribution in [-0.2, 0) is 0 Å². The standard InChI is InChI=1S/C11H10ClN3/c12-6-11(13)15-10-3-1-2-8-7-14-5-4-9(8)10/h1-5,7H,6H2,(H2,13,15). The summed E-state index contributed by atoms with van der Waals surface area (Å²) in [6.07, 6.45) is 3.53. The summed E-state index contributed by atoms with van der Waals surface area (Å²) >= 11 is 5.58. The van der Waals surface area contributed by atoms with Gasteiger partial charge in [0.05, 0.1) is 11.6 Å². The van der Waals surface area contributed by atoms with Gasteiger partial charge in [-0.05, 0) is 12.1 Å². The quantitative estimate of drug-likeness (QED) is 0.479. The third kappa shape index (κ3) is 2.07. The van der Waals surface area contributed by atoms with Crippen molar-refractivity contribution in [3.63, 3.8) is 0 Å². The molecule has 1 aromatic heterocycles. The normalized spacial score (nSPS) is 11.9. The lowest BCUT2D eigenvalue weighted by molar-refractivity contribution is 1.36. The van der Waals surface area contributed by atoms with Gasteiger partial charge in [0.15, 0.2) is 0 Å². The van der Waals surface area contributed by atoms with E-state index >= 15 is 0 Å². The number of alkyl halides is 1. The Morgan fingerprint density at radius 1 is 1.40 bits per heavy atom. The highest BCUT2D eigenvalue weighted by molar-refractivity contribution is 6.28. The van der Waals surface area contributed by atoms with Crippen LogP contribution < -0.4 is 5.73 Å². The maximum atomic E-state index is 5.60. The number of pyridine rings is 1. The van der Waals surface area contributed by atoms with Gasteiger partial charge in [0, 0.05) is 23.2 Å². The molecule has 4 heteroatoms. The zero-order valence-electron chi connectivity index (χ0n) is 8.02. The highest BCUT2D eigenvalue weighted by Gasteiger charge is 1.99. The molecule has 0 atom stereocenters. The molecule has 0 radical (unpaired) electrons. The molecule has 0 saturated heterocycles. The Labute approximate surface area is 92.6 Å². The van der Waals surface area contributed by atoms with Crippen molar-refractivity contribution >= 4 is 33.9 Å². The number of halogens is 1. The fourth-order valence-corrected chi connectivity index (χ4v) is 1.45. The number of benzene rings is 1. The first-order valence-corrected chi connectivity index (χ1v) is 5.06. The summed E-state index contributed by atoms with van der Waals surface area (Å²) in [6, 6.07) is 7.72. The lowest BCUT2D eigenvalue weighted by atomic mass is 10.1. The molecule has 0 saturated carbocycles. The first kappa shape index (κ1) is 9.93. The molecule has 15 heavy (non-hydrogen) atoms. The Hall–Kier alpha value is -1.61. The predicted octanol–water partition coefficient (Wildman–Crippen LogP) is 2.46. The molecular weight excluding hydrogens is 210 g/mol. The molecular formula is C11H10ClN3. The maximum Gasteiger partial charge on any atom is 0.115 e. The summed E-state index contributed by atoms with van der Waals surface area (Å²) in [5.41, 5.74) is 6.43. The van der Waals surface area contributed by atoms with E-state index in [1.54, 1.807) is 12.4 Å². The number of rotatable bonds is 2. The second-order valence-electron chi connectivity index (χ2n) is 3.11. The number of nitrogens with zero attached hydrogens (tertiary/aromatic N) is 2. The third-order valence-electron chi connectivity index (χ3n) is 2.06. The van der Waals surface area contributed by atoms with Crippen LogP contribution in [0, 0.1) is 0 Å². The zero-order chi connectivity index (χ0) is 10.7. The van der Waals surface area contributed by atoms with Crippen LogP contribution in [0.5, 0.6) is 0 Å². The number of aromatic nitrogens is 1. The van der Waals surface area contributed by atoms with Crippen molar-refractivity contribution in [3.05, 3.63) is 36.7 Å². The number of fused-ring (bicyclic) bond motifs is 1. The fraction of sp³-hybridized carbons (Fsp3) is 0.0909. The van der Waals surface area contributed by atoms with Crippen LogP contribution in [0.3, 0.4) is 0 Å². The second-order valence-corrected chi connectivity index (χ2v) is 3.38. The van der Waals surface area contributed by atoms with E-state index < -0.39 is 0 Å². The van der Waals surface area contributed by atoms with Gasteiger partial charge in [-0.3, -0.25) is 4.98 Å². The minimum Gasteiger partial charge on any atom is -0.386 e. The van der Waals surface area contributed by atoms with E-state index in [-0.39, 0.29) is 5.88 Å². The molecule has 76 valence electrons. The molecule has 0 fully saturated rings. The van der Waals surface area contributed by atoms with Crippen LogP contribution in [-0.4, -0.2) is 16.7 Å². The third-order valence-corrected chi connectivity index (χ3v) is 2.33. The Bertz CT molecular complexity index is 503. The number of hydrogen-bond donors (Lipinski definition) is 1. The van der Waals surface area contributed by atoms with Gasteiger partial charge < -0.3 is 5.73 Å². The van der Waals surface area contributed by atoms with Crippen LogP contribution >= 0.6 is 11.6 Å². The van der Waals surface area contributed by atoms with Gasteiger partial charge in [0.1, 0.15) is 5.84 Å². The van der Waals surface area contributed by atoms with Gasteiger partial charge in [0.25, 0.3) is 0 Å². The smallest absolute Gasteiger partial charge is 0.115 e. The molecule has 0 aliphatic heterocycles. The average molecular weight is 220 g/mol. The molecule has 1 aromatic carbocycles. The van der Waals surface area contributed by atoms with E-state index in [0.717, 1.165) is 16.5 Å². The van der Waals surface area contributed by atoms with E-state index in [4.69, 9.17) is 17.3 Å². The maximum absolute atomic E-state index is 5.60. The SMILES string of the molecule is NC(CCl)=Nc1cccc2cnccc12. The fourth-order valence-electron chi connectivity index (χ4n) is 1.39. The molecule has 2 aromatic rings. The largest absolute Gasteiger partial charge is 0.386 e. The van der Waals surface area contributed by atoms with Gasteiger partial charge in [-0.1, -0.05) is 12.1 Å². The number of amidine groups is 1. The first-order chi connectivity index (χ1) is 7.31. The molecule has 1 heterocycles. The number of nitrogens with two attached hydrogens (primary N) is 1. The minimum absolute atomic E-state index is 0.238. The summed E-state index contributed by atoms with van der Waals surface area (Å²) in [5.74, 6) is 0.655. The summed E-state index contributed by atoms with van der Waals surface area (Å²) in [4.78, 5) is 8.29.